The van der Waals surface area contributed by atoms with Crippen molar-refractivity contribution >= 4 is 11.8 Å². The number of anilines is 1. The summed E-state index contributed by atoms with van der Waals surface area (Å²) in [5, 5.41) is 29.9. The number of nitrogen functional groups attached to an aromatic ring is 1. The molecule has 1 aliphatic heterocycles. The number of halogens is 1. The Hall–Kier alpha value is -2.08. The zero-order chi connectivity index (χ0) is 21.8. The molecule has 0 bridgehead atoms. The lowest BCUT2D eigenvalue weighted by molar-refractivity contribution is -0.213. The van der Waals surface area contributed by atoms with E-state index in [0.717, 1.165) is 37.9 Å². The normalized spacial score (nSPS) is 28.8. The summed E-state index contributed by atoms with van der Waals surface area (Å²) in [7, 11) is 0. The van der Waals surface area contributed by atoms with E-state index in [2.05, 4.69) is 4.98 Å². The summed E-state index contributed by atoms with van der Waals surface area (Å²) in [5.41, 5.74) is 1.74. The van der Waals surface area contributed by atoms with Gasteiger partial charge in [-0.15, -0.1) is 0 Å². The zero-order valence-corrected chi connectivity index (χ0v) is 16.4. The number of carbonyl (C=O) groups excluding carboxylic acids is 1. The van der Waals surface area contributed by atoms with Crippen molar-refractivity contribution in [3.8, 4) is 0 Å². The Morgan fingerprint density at radius 1 is 1.48 bits per heavy atom. The molecule has 1 aromatic rings. The van der Waals surface area contributed by atoms with Crippen LogP contribution in [0.25, 0.3) is 0 Å². The average Bonchev–Trinajstić information content (AvgIpc) is 2.94. The van der Waals surface area contributed by atoms with Gasteiger partial charge in [0.05, 0.1) is 6.61 Å². The predicted molar refractivity (Wildman–Crippen MR) is 99.1 cm³/mol. The smallest absolute Gasteiger partial charge is 0.363 e. The first-order valence-corrected chi connectivity index (χ1v) is 9.57. The molecule has 1 aliphatic rings. The van der Waals surface area contributed by atoms with Crippen LogP contribution >= 0.6 is 0 Å². The number of nitrogens with two attached hydrogens (primary N) is 1. The molecule has 5 N–H and O–H groups in total. The van der Waals surface area contributed by atoms with E-state index in [1.165, 1.54) is 0 Å². The second kappa shape index (κ2) is 9.61. The van der Waals surface area contributed by atoms with Crippen LogP contribution in [-0.4, -0.2) is 62.1 Å². The van der Waals surface area contributed by atoms with Crippen molar-refractivity contribution in [1.29, 1.82) is 0 Å². The quantitative estimate of drug-likeness (QED) is 0.394. The largest absolute Gasteiger partial charge is 0.462 e. The summed E-state index contributed by atoms with van der Waals surface area (Å²) < 4.78 is 24.6. The van der Waals surface area contributed by atoms with Crippen LogP contribution in [0.15, 0.2) is 17.1 Å². The van der Waals surface area contributed by atoms with E-state index in [1.807, 2.05) is 13.8 Å². The Morgan fingerprint density at radius 2 is 2.17 bits per heavy atom. The molecule has 6 atom stereocenters. The van der Waals surface area contributed by atoms with Crippen molar-refractivity contribution in [2.24, 2.45) is 5.92 Å². The fourth-order valence-corrected chi connectivity index (χ4v) is 3.31. The van der Waals surface area contributed by atoms with E-state index in [9.17, 15) is 29.3 Å². The lowest BCUT2D eigenvalue weighted by Crippen LogP contribution is -2.56. The summed E-state index contributed by atoms with van der Waals surface area (Å²) in [5.74, 6) is -1.34. The summed E-state index contributed by atoms with van der Waals surface area (Å²) in [6.07, 6.45) is -4.39. The third kappa shape index (κ3) is 4.58. The van der Waals surface area contributed by atoms with Gasteiger partial charge in [0.2, 0.25) is 6.36 Å². The van der Waals surface area contributed by atoms with Crippen molar-refractivity contribution in [2.75, 3.05) is 12.3 Å². The highest BCUT2D eigenvalue weighted by Crippen LogP contribution is 2.38. The number of alkyl halides is 1. The van der Waals surface area contributed by atoms with E-state index in [-0.39, 0.29) is 18.3 Å². The lowest BCUT2D eigenvalue weighted by atomic mass is 10.00. The number of nitrogens with zero attached hydrogens (tertiary/aromatic N) is 2. The van der Waals surface area contributed by atoms with Crippen molar-refractivity contribution in [3.05, 3.63) is 22.7 Å². The zero-order valence-electron chi connectivity index (χ0n) is 16.4. The van der Waals surface area contributed by atoms with Gasteiger partial charge in [0.25, 0.3) is 5.72 Å². The molecule has 11 heteroatoms. The molecule has 10 nitrogen and oxygen atoms in total. The fraction of sp³-hybridized carbons (Fsp3) is 0.722. The first kappa shape index (κ1) is 23.2. The number of hydrogen-bond acceptors (Lipinski definition) is 9. The highest BCUT2D eigenvalue weighted by atomic mass is 19.1. The maximum absolute atomic E-state index is 13.5. The van der Waals surface area contributed by atoms with E-state index in [4.69, 9.17) is 15.2 Å². The van der Waals surface area contributed by atoms with Gasteiger partial charge in [0.1, 0.15) is 24.1 Å². The van der Waals surface area contributed by atoms with E-state index < -0.39 is 42.1 Å². The third-order valence-electron chi connectivity index (χ3n) is 5.12. The highest BCUT2D eigenvalue weighted by molar-refractivity contribution is 5.78. The molecule has 0 radical (unpaired) electrons. The maximum Gasteiger partial charge on any atom is 0.363 e. The monoisotopic (exact) mass is 417 g/mol. The van der Waals surface area contributed by atoms with Gasteiger partial charge in [-0.1, -0.05) is 33.1 Å². The molecule has 29 heavy (non-hydrogen) atoms. The highest BCUT2D eigenvalue weighted by Gasteiger charge is 2.64. The lowest BCUT2D eigenvalue weighted by Gasteiger charge is -2.31. The number of unbranched alkanes of at least 4 members (excludes halogenated alkanes) is 1. The number of esters is 1. The van der Waals surface area contributed by atoms with Crippen molar-refractivity contribution in [1.82, 2.24) is 9.55 Å². The van der Waals surface area contributed by atoms with Crippen LogP contribution in [0.4, 0.5) is 10.2 Å². The Bertz CT molecular complexity index is 759. The number of aromatic nitrogens is 2. The minimum absolute atomic E-state index is 0.0245. The van der Waals surface area contributed by atoms with Gasteiger partial charge >= 0.3 is 11.7 Å². The SMILES string of the molecule is CCCCC(CC)COC(=O)[C@@]1(n2ccc(N)nc2=O)O[C@H](C(O)F)[C@@H](O)[C@H]1O. The molecule has 0 aliphatic carbocycles. The minimum Gasteiger partial charge on any atom is -0.462 e. The summed E-state index contributed by atoms with van der Waals surface area (Å²) in [6, 6.07) is 1.16. The topological polar surface area (TPSA) is 157 Å². The van der Waals surface area contributed by atoms with E-state index in [1.54, 1.807) is 0 Å². The number of carbonyl (C=O) groups is 1. The molecule has 0 spiro atoms. The molecule has 1 aromatic heterocycles. The van der Waals surface area contributed by atoms with E-state index in [0.29, 0.717) is 4.57 Å². The minimum atomic E-state index is -2.72. The number of aliphatic hydroxyl groups is 3. The second-order valence-electron chi connectivity index (χ2n) is 7.11. The Kier molecular flexibility index (Phi) is 7.69. The molecular formula is C18H28FN3O7. The molecule has 164 valence electrons. The van der Waals surface area contributed by atoms with Crippen LogP contribution in [-0.2, 0) is 20.0 Å². The maximum atomic E-state index is 13.5. The molecule has 2 rings (SSSR count). The van der Waals surface area contributed by atoms with Crippen molar-refractivity contribution in [2.45, 2.75) is 69.9 Å². The standard InChI is InChI=1S/C18H28FN3O7/c1-3-5-6-10(4-2)9-28-16(26)18(22-8-7-11(20)21-17(22)27)14(24)12(23)13(29-18)15(19)25/h7-8,10,12-15,23-25H,3-6,9H2,1-2H3,(H2,20,21,27)/t10?,12-,13+,14-,15?,18+/m1/s1. The van der Waals surface area contributed by atoms with Crippen molar-refractivity contribution < 1.29 is 34.0 Å². The Balaban J connectivity index is 2.40. The van der Waals surface area contributed by atoms with Gasteiger partial charge in [0, 0.05) is 6.20 Å². The number of ether oxygens (including phenoxy) is 2. The first-order valence-electron chi connectivity index (χ1n) is 9.57. The van der Waals surface area contributed by atoms with Crippen LogP contribution in [0, 0.1) is 5.92 Å². The van der Waals surface area contributed by atoms with Gasteiger partial charge in [0.15, 0.2) is 0 Å². The molecule has 0 aromatic carbocycles. The van der Waals surface area contributed by atoms with Gasteiger partial charge in [-0.3, -0.25) is 4.57 Å². The predicted octanol–water partition coefficient (Wildman–Crippen LogP) is -0.354. The molecule has 2 heterocycles. The van der Waals surface area contributed by atoms with E-state index >= 15 is 0 Å². The molecule has 1 fully saturated rings. The Morgan fingerprint density at radius 3 is 2.69 bits per heavy atom. The van der Waals surface area contributed by atoms with Gasteiger partial charge in [-0.05, 0) is 18.4 Å². The van der Waals surface area contributed by atoms with Crippen LogP contribution < -0.4 is 11.4 Å². The summed E-state index contributed by atoms with van der Waals surface area (Å²) in [6.45, 7) is 3.93. The molecule has 1 saturated heterocycles. The first-order chi connectivity index (χ1) is 13.7. The molecule has 0 amide bonds. The molecule has 0 saturated carbocycles. The van der Waals surface area contributed by atoms with Gasteiger partial charge in [-0.25, -0.2) is 14.0 Å². The summed E-state index contributed by atoms with van der Waals surface area (Å²) in [4.78, 5) is 28.8. The van der Waals surface area contributed by atoms with Gasteiger partial charge in [-0.2, -0.15) is 4.98 Å². The van der Waals surface area contributed by atoms with Crippen LogP contribution in [0.3, 0.4) is 0 Å². The fourth-order valence-electron chi connectivity index (χ4n) is 3.31. The number of hydrogen-bond donors (Lipinski definition) is 4. The van der Waals surface area contributed by atoms with Crippen LogP contribution in [0.1, 0.15) is 39.5 Å². The number of rotatable bonds is 9. The van der Waals surface area contributed by atoms with Crippen molar-refractivity contribution in [3.63, 3.8) is 0 Å². The Labute approximate surface area is 167 Å². The number of aliphatic hydroxyl groups excluding tert-OH is 3. The third-order valence-corrected chi connectivity index (χ3v) is 5.12. The average molecular weight is 417 g/mol. The summed E-state index contributed by atoms with van der Waals surface area (Å²) >= 11 is 0. The van der Waals surface area contributed by atoms with Gasteiger partial charge < -0.3 is 30.5 Å². The second-order valence-corrected chi connectivity index (χ2v) is 7.11. The van der Waals surface area contributed by atoms with Crippen LogP contribution in [0.5, 0.6) is 0 Å². The molecule has 2 unspecified atom stereocenters. The molecular weight excluding hydrogens is 389 g/mol. The van der Waals surface area contributed by atoms with Crippen LogP contribution in [0.2, 0.25) is 0 Å².